The zero-order valence-electron chi connectivity index (χ0n) is 7.34. The summed E-state index contributed by atoms with van der Waals surface area (Å²) in [6, 6.07) is 8.79. The average molecular weight is 180 g/mol. The molecule has 0 fully saturated rings. The Morgan fingerprint density at radius 2 is 1.85 bits per heavy atom. The Bertz CT molecular complexity index is 281. The van der Waals surface area contributed by atoms with E-state index in [0.29, 0.717) is 5.56 Å². The highest BCUT2D eigenvalue weighted by Crippen LogP contribution is 2.21. The molecule has 2 atom stereocenters. The molecule has 0 heterocycles. The second-order valence-corrected chi connectivity index (χ2v) is 2.98. The summed E-state index contributed by atoms with van der Waals surface area (Å²) in [7, 11) is 0. The Hall–Kier alpha value is -1.35. The van der Waals surface area contributed by atoms with Crippen LogP contribution in [0.25, 0.3) is 0 Å². The van der Waals surface area contributed by atoms with E-state index < -0.39 is 18.0 Å². The molecule has 0 aliphatic carbocycles. The Labute approximate surface area is 76.6 Å². The van der Waals surface area contributed by atoms with Gasteiger partial charge in [0, 0.05) is 0 Å². The molecule has 0 unspecified atom stereocenters. The van der Waals surface area contributed by atoms with Gasteiger partial charge < -0.3 is 10.2 Å². The molecule has 3 heteroatoms. The predicted octanol–water partition coefficient (Wildman–Crippen LogP) is 1.44. The van der Waals surface area contributed by atoms with E-state index in [1.807, 2.05) is 6.07 Å². The molecule has 3 nitrogen and oxygen atoms in total. The third-order valence-corrected chi connectivity index (χ3v) is 2.00. The third kappa shape index (κ3) is 2.29. The highest BCUT2D eigenvalue weighted by Gasteiger charge is 2.22. The molecule has 13 heavy (non-hydrogen) atoms. The minimum absolute atomic E-state index is 0.636. The molecule has 0 aliphatic rings. The van der Waals surface area contributed by atoms with Crippen LogP contribution in [0.15, 0.2) is 30.3 Å². The van der Waals surface area contributed by atoms with Crippen molar-refractivity contribution < 1.29 is 15.0 Å². The quantitative estimate of drug-likeness (QED) is 0.740. The number of hydrogen-bond donors (Lipinski definition) is 2. The first-order valence-electron chi connectivity index (χ1n) is 4.08. The molecule has 0 saturated carbocycles. The summed E-state index contributed by atoms with van der Waals surface area (Å²) in [6.07, 6.45) is -0.932. The van der Waals surface area contributed by atoms with Gasteiger partial charge in [-0.25, -0.2) is 0 Å². The zero-order chi connectivity index (χ0) is 9.84. The highest BCUT2D eigenvalue weighted by atomic mass is 16.4. The van der Waals surface area contributed by atoms with E-state index in [1.54, 1.807) is 24.3 Å². The lowest BCUT2D eigenvalue weighted by atomic mass is 9.98. The monoisotopic (exact) mass is 180 g/mol. The van der Waals surface area contributed by atoms with E-state index in [1.165, 1.54) is 6.92 Å². The maximum Gasteiger partial charge on any atom is 0.309 e. The van der Waals surface area contributed by atoms with Gasteiger partial charge in [-0.15, -0.1) is 0 Å². The Morgan fingerprint density at radius 1 is 1.31 bits per heavy atom. The molecule has 1 aromatic carbocycles. The molecule has 0 aromatic heterocycles. The number of benzene rings is 1. The van der Waals surface area contributed by atoms with Crippen molar-refractivity contribution in [3.8, 4) is 0 Å². The van der Waals surface area contributed by atoms with Crippen LogP contribution < -0.4 is 0 Å². The van der Waals surface area contributed by atoms with Gasteiger partial charge in [0.25, 0.3) is 0 Å². The Morgan fingerprint density at radius 3 is 2.31 bits per heavy atom. The van der Waals surface area contributed by atoms with Gasteiger partial charge in [0.15, 0.2) is 0 Å². The average Bonchev–Trinajstić information content (AvgIpc) is 2.17. The molecular weight excluding hydrogens is 168 g/mol. The Balaban J connectivity index is 2.79. The molecule has 1 rings (SSSR count). The van der Waals surface area contributed by atoms with Crippen molar-refractivity contribution in [2.24, 2.45) is 5.92 Å². The lowest BCUT2D eigenvalue weighted by Gasteiger charge is -2.14. The maximum atomic E-state index is 10.6. The van der Waals surface area contributed by atoms with Crippen molar-refractivity contribution in [3.63, 3.8) is 0 Å². The Kier molecular flexibility index (Phi) is 3.03. The standard InChI is InChI=1S/C10H12O3/c1-7(10(12)13)9(11)8-5-3-2-4-6-8/h2-7,9,11H,1H3,(H,12,13)/t7-,9+/m1/s1. The van der Waals surface area contributed by atoms with Crippen LogP contribution in [0.3, 0.4) is 0 Å². The van der Waals surface area contributed by atoms with Crippen molar-refractivity contribution in [1.29, 1.82) is 0 Å². The summed E-state index contributed by atoms with van der Waals surface area (Å²) < 4.78 is 0. The van der Waals surface area contributed by atoms with Gasteiger partial charge in [0.1, 0.15) is 0 Å². The van der Waals surface area contributed by atoms with E-state index in [2.05, 4.69) is 0 Å². The van der Waals surface area contributed by atoms with Crippen LogP contribution in [0.5, 0.6) is 0 Å². The van der Waals surface area contributed by atoms with Crippen LogP contribution in [0.1, 0.15) is 18.6 Å². The maximum absolute atomic E-state index is 10.6. The summed E-state index contributed by atoms with van der Waals surface area (Å²) in [6.45, 7) is 1.49. The fourth-order valence-electron chi connectivity index (χ4n) is 1.07. The van der Waals surface area contributed by atoms with Crippen molar-refractivity contribution in [1.82, 2.24) is 0 Å². The normalized spacial score (nSPS) is 14.9. The van der Waals surface area contributed by atoms with Gasteiger partial charge in [-0.2, -0.15) is 0 Å². The number of aliphatic hydroxyl groups is 1. The van der Waals surface area contributed by atoms with Crippen molar-refractivity contribution >= 4 is 5.97 Å². The minimum atomic E-state index is -0.989. The first-order chi connectivity index (χ1) is 6.13. The number of aliphatic carboxylic acids is 1. The third-order valence-electron chi connectivity index (χ3n) is 2.00. The smallest absolute Gasteiger partial charge is 0.309 e. The number of aliphatic hydroxyl groups excluding tert-OH is 1. The summed E-state index contributed by atoms with van der Waals surface area (Å²) in [4.78, 5) is 10.6. The van der Waals surface area contributed by atoms with Crippen LogP contribution in [-0.2, 0) is 4.79 Å². The minimum Gasteiger partial charge on any atom is -0.481 e. The van der Waals surface area contributed by atoms with Crippen LogP contribution in [0.4, 0.5) is 0 Å². The lowest BCUT2D eigenvalue weighted by Crippen LogP contribution is -2.18. The molecule has 1 aromatic rings. The molecule has 0 bridgehead atoms. The van der Waals surface area contributed by atoms with E-state index >= 15 is 0 Å². The summed E-state index contributed by atoms with van der Waals surface area (Å²) in [5.41, 5.74) is 0.636. The van der Waals surface area contributed by atoms with E-state index in [4.69, 9.17) is 5.11 Å². The van der Waals surface area contributed by atoms with Crippen LogP contribution in [-0.4, -0.2) is 16.2 Å². The molecule has 2 N–H and O–H groups in total. The zero-order valence-corrected chi connectivity index (χ0v) is 7.34. The summed E-state index contributed by atoms with van der Waals surface area (Å²) in [5.74, 6) is -1.77. The molecule has 0 radical (unpaired) electrons. The van der Waals surface area contributed by atoms with Gasteiger partial charge in [-0.05, 0) is 12.5 Å². The van der Waals surface area contributed by atoms with Crippen LogP contribution in [0.2, 0.25) is 0 Å². The van der Waals surface area contributed by atoms with E-state index in [9.17, 15) is 9.90 Å². The topological polar surface area (TPSA) is 57.5 Å². The van der Waals surface area contributed by atoms with E-state index in [0.717, 1.165) is 0 Å². The van der Waals surface area contributed by atoms with Gasteiger partial charge >= 0.3 is 5.97 Å². The van der Waals surface area contributed by atoms with Gasteiger partial charge in [-0.3, -0.25) is 4.79 Å². The first-order valence-corrected chi connectivity index (χ1v) is 4.08. The van der Waals surface area contributed by atoms with Crippen molar-refractivity contribution in [2.45, 2.75) is 13.0 Å². The number of hydrogen-bond acceptors (Lipinski definition) is 2. The highest BCUT2D eigenvalue weighted by molar-refractivity contribution is 5.70. The second kappa shape index (κ2) is 4.05. The molecule has 0 saturated heterocycles. The SMILES string of the molecule is C[C@@H](C(=O)O)[C@H](O)c1ccccc1. The van der Waals surface area contributed by atoms with E-state index in [-0.39, 0.29) is 0 Å². The molecule has 0 aliphatic heterocycles. The van der Waals surface area contributed by atoms with Gasteiger partial charge in [0.2, 0.25) is 0 Å². The molecule has 70 valence electrons. The van der Waals surface area contributed by atoms with Crippen molar-refractivity contribution in [3.05, 3.63) is 35.9 Å². The number of rotatable bonds is 3. The summed E-state index contributed by atoms with van der Waals surface area (Å²) in [5, 5.41) is 18.2. The number of carboxylic acids is 1. The molecule has 0 spiro atoms. The lowest BCUT2D eigenvalue weighted by molar-refractivity contribution is -0.145. The fraction of sp³-hybridized carbons (Fsp3) is 0.300. The number of carboxylic acid groups (broad SMARTS) is 1. The molecule has 0 amide bonds. The summed E-state index contributed by atoms with van der Waals surface area (Å²) >= 11 is 0. The second-order valence-electron chi connectivity index (χ2n) is 2.98. The van der Waals surface area contributed by atoms with Crippen LogP contribution >= 0.6 is 0 Å². The predicted molar refractivity (Wildman–Crippen MR) is 48.2 cm³/mol. The van der Waals surface area contributed by atoms with Crippen molar-refractivity contribution in [2.75, 3.05) is 0 Å². The number of carbonyl (C=O) groups is 1. The van der Waals surface area contributed by atoms with Gasteiger partial charge in [-0.1, -0.05) is 30.3 Å². The fourth-order valence-corrected chi connectivity index (χ4v) is 1.07. The first kappa shape index (κ1) is 9.74. The molecular formula is C10H12O3. The largest absolute Gasteiger partial charge is 0.481 e. The van der Waals surface area contributed by atoms with Crippen LogP contribution in [0, 0.1) is 5.92 Å². The van der Waals surface area contributed by atoms with Gasteiger partial charge in [0.05, 0.1) is 12.0 Å².